The van der Waals surface area contributed by atoms with E-state index in [0.29, 0.717) is 12.0 Å². The molecule has 0 fully saturated rings. The van der Waals surface area contributed by atoms with Crippen molar-refractivity contribution in [3.8, 4) is 0 Å². The number of nitrogens with two attached hydrogens (primary N) is 1. The normalized spacial score (nSPS) is 11.9. The number of benzene rings is 1. The van der Waals surface area contributed by atoms with Gasteiger partial charge < -0.3 is 15.7 Å². The minimum Gasteiger partial charge on any atom is -0.480 e. The second-order valence-corrected chi connectivity index (χ2v) is 3.84. The Hall–Kier alpha value is -2.04. The maximum absolute atomic E-state index is 11.1. The maximum Gasteiger partial charge on any atom is 0.326 e. The molecular weight excluding hydrogens is 218 g/mol. The molecule has 5 nitrogen and oxygen atoms in total. The first-order chi connectivity index (χ1) is 7.97. The minimum atomic E-state index is -0.858. The molecule has 0 spiro atoms. The zero-order valence-corrected chi connectivity index (χ0v) is 9.97. The summed E-state index contributed by atoms with van der Waals surface area (Å²) in [6.07, 6.45) is 0.510. The molecular formula is C12H17N3O2. The van der Waals surface area contributed by atoms with Crippen molar-refractivity contribution in [3.63, 3.8) is 0 Å². The summed E-state index contributed by atoms with van der Waals surface area (Å²) in [6, 6.07) is 6.43. The largest absolute Gasteiger partial charge is 0.480 e. The lowest BCUT2D eigenvalue weighted by molar-refractivity contribution is -0.138. The van der Waals surface area contributed by atoms with E-state index in [0.717, 1.165) is 5.69 Å². The number of amidine groups is 1. The fourth-order valence-corrected chi connectivity index (χ4v) is 1.69. The van der Waals surface area contributed by atoms with Gasteiger partial charge in [-0.2, -0.15) is 0 Å². The number of hydrogen-bond acceptors (Lipinski definition) is 3. The van der Waals surface area contributed by atoms with Crippen LogP contribution in [-0.4, -0.2) is 30.0 Å². The Labute approximate surface area is 100 Å². The van der Waals surface area contributed by atoms with E-state index in [1.165, 1.54) is 0 Å². The first kappa shape index (κ1) is 13.0. The summed E-state index contributed by atoms with van der Waals surface area (Å²) in [4.78, 5) is 12.7. The van der Waals surface area contributed by atoms with Crippen LogP contribution in [0.25, 0.3) is 0 Å². The van der Waals surface area contributed by atoms with Gasteiger partial charge in [-0.15, -0.1) is 0 Å². The topological polar surface area (TPSA) is 90.4 Å². The zero-order valence-electron chi connectivity index (χ0n) is 9.97. The molecule has 0 bridgehead atoms. The van der Waals surface area contributed by atoms with Crippen LogP contribution < -0.4 is 10.6 Å². The van der Waals surface area contributed by atoms with Gasteiger partial charge in [-0.05, 0) is 18.6 Å². The average molecular weight is 235 g/mol. The lowest BCUT2D eigenvalue weighted by atomic mass is 10.1. The number of carboxylic acids is 1. The van der Waals surface area contributed by atoms with Gasteiger partial charge in [-0.3, -0.25) is 5.41 Å². The first-order valence-corrected chi connectivity index (χ1v) is 5.37. The van der Waals surface area contributed by atoms with Gasteiger partial charge in [0.05, 0.1) is 0 Å². The quantitative estimate of drug-likeness (QED) is 0.529. The Kier molecular flexibility index (Phi) is 4.09. The highest BCUT2D eigenvalue weighted by Gasteiger charge is 2.20. The molecule has 1 aromatic rings. The van der Waals surface area contributed by atoms with E-state index in [1.54, 1.807) is 36.2 Å². The molecule has 0 saturated heterocycles. The molecule has 0 aliphatic carbocycles. The van der Waals surface area contributed by atoms with Crippen molar-refractivity contribution in [1.29, 1.82) is 5.41 Å². The maximum atomic E-state index is 11.1. The second kappa shape index (κ2) is 5.34. The lowest BCUT2D eigenvalue weighted by Gasteiger charge is -2.26. The van der Waals surface area contributed by atoms with E-state index in [4.69, 9.17) is 16.2 Å². The third-order valence-corrected chi connectivity index (χ3v) is 2.70. The van der Waals surface area contributed by atoms with Crippen LogP contribution in [0.3, 0.4) is 0 Å². The monoisotopic (exact) mass is 235 g/mol. The Morgan fingerprint density at radius 3 is 2.71 bits per heavy atom. The van der Waals surface area contributed by atoms with Gasteiger partial charge in [0.25, 0.3) is 0 Å². The highest BCUT2D eigenvalue weighted by atomic mass is 16.4. The molecule has 0 saturated carbocycles. The van der Waals surface area contributed by atoms with Crippen molar-refractivity contribution < 1.29 is 9.90 Å². The van der Waals surface area contributed by atoms with E-state index in [2.05, 4.69) is 0 Å². The van der Waals surface area contributed by atoms with Gasteiger partial charge in [-0.1, -0.05) is 19.1 Å². The van der Waals surface area contributed by atoms with Gasteiger partial charge in [-0.25, -0.2) is 4.79 Å². The third-order valence-electron chi connectivity index (χ3n) is 2.70. The average Bonchev–Trinajstić information content (AvgIpc) is 2.29. The number of nitrogen functional groups attached to an aromatic ring is 1. The highest BCUT2D eigenvalue weighted by molar-refractivity contribution is 5.96. The Bertz CT molecular complexity index is 432. The highest BCUT2D eigenvalue weighted by Crippen LogP contribution is 2.18. The standard InChI is InChI=1S/C12H17N3O2/c1-3-10(12(16)17)15(2)9-6-4-5-8(7-9)11(13)14/h4-7,10H,3H2,1-2H3,(H3,13,14)(H,16,17). The number of carboxylic acid groups (broad SMARTS) is 1. The van der Waals surface area contributed by atoms with Crippen LogP contribution in [0, 0.1) is 5.41 Å². The summed E-state index contributed by atoms with van der Waals surface area (Å²) in [5.74, 6) is -0.883. The number of rotatable bonds is 5. The van der Waals surface area contributed by atoms with E-state index in [9.17, 15) is 4.79 Å². The number of hydrogen-bond donors (Lipinski definition) is 3. The van der Waals surface area contributed by atoms with Crippen LogP contribution in [0.2, 0.25) is 0 Å². The zero-order chi connectivity index (χ0) is 13.0. The first-order valence-electron chi connectivity index (χ1n) is 5.37. The molecule has 4 N–H and O–H groups in total. The summed E-state index contributed by atoms with van der Waals surface area (Å²) in [7, 11) is 1.72. The van der Waals surface area contributed by atoms with Gasteiger partial charge in [0.2, 0.25) is 0 Å². The second-order valence-electron chi connectivity index (χ2n) is 3.84. The summed E-state index contributed by atoms with van der Waals surface area (Å²) >= 11 is 0. The Morgan fingerprint density at radius 1 is 1.59 bits per heavy atom. The molecule has 1 unspecified atom stereocenters. The van der Waals surface area contributed by atoms with Crippen LogP contribution in [0.15, 0.2) is 24.3 Å². The molecule has 1 rings (SSSR count). The summed E-state index contributed by atoms with van der Waals surface area (Å²) in [5, 5.41) is 16.4. The van der Waals surface area contributed by atoms with E-state index >= 15 is 0 Å². The third kappa shape index (κ3) is 2.96. The molecule has 1 atom stereocenters. The van der Waals surface area contributed by atoms with E-state index in [-0.39, 0.29) is 5.84 Å². The number of anilines is 1. The summed E-state index contributed by atoms with van der Waals surface area (Å²) in [6.45, 7) is 1.82. The molecule has 0 aliphatic rings. The predicted octanol–water partition coefficient (Wildman–Crippen LogP) is 1.27. The van der Waals surface area contributed by atoms with Crippen molar-refractivity contribution >= 4 is 17.5 Å². The molecule has 1 aromatic carbocycles. The van der Waals surface area contributed by atoms with Crippen LogP contribution in [0.4, 0.5) is 5.69 Å². The number of aliphatic carboxylic acids is 1. The lowest BCUT2D eigenvalue weighted by Crippen LogP contribution is -2.38. The number of nitrogens with one attached hydrogen (secondary N) is 1. The fraction of sp³-hybridized carbons (Fsp3) is 0.333. The van der Waals surface area contributed by atoms with E-state index in [1.807, 2.05) is 6.92 Å². The number of carbonyl (C=O) groups is 1. The van der Waals surface area contributed by atoms with Crippen molar-refractivity contribution in [2.24, 2.45) is 5.73 Å². The van der Waals surface area contributed by atoms with Crippen LogP contribution >= 0.6 is 0 Å². The van der Waals surface area contributed by atoms with Gasteiger partial charge in [0, 0.05) is 18.3 Å². The summed E-state index contributed by atoms with van der Waals surface area (Å²) < 4.78 is 0. The van der Waals surface area contributed by atoms with Crippen molar-refractivity contribution in [2.75, 3.05) is 11.9 Å². The van der Waals surface area contributed by atoms with Gasteiger partial charge in [0.15, 0.2) is 0 Å². The summed E-state index contributed by atoms with van der Waals surface area (Å²) in [5.41, 5.74) is 6.73. The number of likely N-dealkylation sites (N-methyl/N-ethyl adjacent to an activating group) is 1. The molecule has 0 amide bonds. The predicted molar refractivity (Wildman–Crippen MR) is 67.6 cm³/mol. The van der Waals surface area contributed by atoms with Crippen LogP contribution in [0.5, 0.6) is 0 Å². The molecule has 17 heavy (non-hydrogen) atoms. The van der Waals surface area contributed by atoms with Crippen LogP contribution in [0.1, 0.15) is 18.9 Å². The Morgan fingerprint density at radius 2 is 2.24 bits per heavy atom. The van der Waals surface area contributed by atoms with Crippen LogP contribution in [-0.2, 0) is 4.79 Å². The smallest absolute Gasteiger partial charge is 0.326 e. The SMILES string of the molecule is CCC(C(=O)O)N(C)c1cccc(C(=N)N)c1. The van der Waals surface area contributed by atoms with Crippen molar-refractivity contribution in [2.45, 2.75) is 19.4 Å². The molecule has 5 heteroatoms. The van der Waals surface area contributed by atoms with Gasteiger partial charge >= 0.3 is 5.97 Å². The van der Waals surface area contributed by atoms with E-state index < -0.39 is 12.0 Å². The number of nitrogens with zero attached hydrogens (tertiary/aromatic N) is 1. The fourth-order valence-electron chi connectivity index (χ4n) is 1.69. The van der Waals surface area contributed by atoms with Gasteiger partial charge in [0.1, 0.15) is 11.9 Å². The van der Waals surface area contributed by atoms with Crippen molar-refractivity contribution in [1.82, 2.24) is 0 Å². The minimum absolute atomic E-state index is 0.0244. The molecule has 0 aromatic heterocycles. The molecule has 0 radical (unpaired) electrons. The van der Waals surface area contributed by atoms with Crippen molar-refractivity contribution in [3.05, 3.63) is 29.8 Å². The Balaban J connectivity index is 3.02. The molecule has 0 aliphatic heterocycles. The molecule has 92 valence electrons. The molecule has 0 heterocycles.